The summed E-state index contributed by atoms with van der Waals surface area (Å²) in [5.41, 5.74) is 9.46. The zero-order chi connectivity index (χ0) is 31.7. The second kappa shape index (κ2) is 15.4. The minimum Gasteiger partial charge on any atom is -0.380 e. The summed E-state index contributed by atoms with van der Waals surface area (Å²) < 4.78 is 29.0. The molecule has 0 radical (unpaired) electrons. The predicted octanol–water partition coefficient (Wildman–Crippen LogP) is 4.17. The third kappa shape index (κ3) is 9.45. The van der Waals surface area contributed by atoms with Gasteiger partial charge in [0.15, 0.2) is 5.75 Å². The first-order valence-electron chi connectivity index (χ1n) is 14.9. The molecule has 2 atom stereocenters. The normalized spacial score (nSPS) is 15.5. The Morgan fingerprint density at radius 3 is 2.27 bits per heavy atom. The molecule has 9 nitrogen and oxygen atoms in total. The number of hydrogen-bond acceptors (Lipinski definition) is 7. The average molecular weight is 641 g/mol. The number of benzene rings is 3. The summed E-state index contributed by atoms with van der Waals surface area (Å²) in [6.07, 6.45) is 3.40. The van der Waals surface area contributed by atoms with E-state index in [0.717, 1.165) is 35.8 Å². The summed E-state index contributed by atoms with van der Waals surface area (Å²) in [6, 6.07) is 21.3. The third-order valence-corrected chi connectivity index (χ3v) is 8.52. The first-order valence-corrected chi connectivity index (χ1v) is 17.1. The van der Waals surface area contributed by atoms with Crippen molar-refractivity contribution >= 4 is 39.2 Å². The summed E-state index contributed by atoms with van der Waals surface area (Å²) in [4.78, 5) is 31.4. The molecule has 1 fully saturated rings. The number of carbonyl (C=O) groups is 2. The zero-order valence-corrected chi connectivity index (χ0v) is 26.8. The van der Waals surface area contributed by atoms with Gasteiger partial charge < -0.3 is 25.0 Å². The highest BCUT2D eigenvalue weighted by molar-refractivity contribution is 7.86. The van der Waals surface area contributed by atoms with E-state index in [0.29, 0.717) is 56.3 Å². The Balaban J connectivity index is 1.51. The monoisotopic (exact) mass is 640 g/mol. The highest BCUT2D eigenvalue weighted by Gasteiger charge is 2.29. The lowest BCUT2D eigenvalue weighted by atomic mass is 9.95. The zero-order valence-electron chi connectivity index (χ0n) is 25.2. The van der Waals surface area contributed by atoms with E-state index in [4.69, 9.17) is 21.5 Å². The molecule has 44 heavy (non-hydrogen) atoms. The van der Waals surface area contributed by atoms with Gasteiger partial charge in [-0.25, -0.2) is 0 Å². The molecule has 3 N–H and O–H groups in total. The molecule has 1 heterocycles. The van der Waals surface area contributed by atoms with E-state index in [-0.39, 0.29) is 23.5 Å². The lowest BCUT2D eigenvalue weighted by Crippen LogP contribution is -2.53. The smallest absolute Gasteiger partial charge is 0.306 e. The maximum atomic E-state index is 14.1. The molecule has 0 unspecified atom stereocenters. The second-order valence-corrected chi connectivity index (χ2v) is 13.3. The molecule has 3 aromatic carbocycles. The van der Waals surface area contributed by atoms with Gasteiger partial charge in [-0.1, -0.05) is 67.1 Å². The van der Waals surface area contributed by atoms with E-state index < -0.39 is 16.2 Å². The number of amides is 2. The summed E-state index contributed by atoms with van der Waals surface area (Å²) >= 11 is 6.10. The van der Waals surface area contributed by atoms with Crippen LogP contribution in [0.2, 0.25) is 5.02 Å². The number of rotatable bonds is 11. The predicted molar refractivity (Wildman–Crippen MR) is 174 cm³/mol. The number of anilines is 1. The van der Waals surface area contributed by atoms with Gasteiger partial charge in [-0.3, -0.25) is 9.59 Å². The Morgan fingerprint density at radius 2 is 1.57 bits per heavy atom. The van der Waals surface area contributed by atoms with Gasteiger partial charge >= 0.3 is 10.1 Å². The number of carbonyl (C=O) groups excluding carboxylic acids is 2. The fourth-order valence-electron chi connectivity index (χ4n) is 5.45. The van der Waals surface area contributed by atoms with Gasteiger partial charge in [0.2, 0.25) is 11.8 Å². The largest absolute Gasteiger partial charge is 0.380 e. The van der Waals surface area contributed by atoms with Crippen molar-refractivity contribution < 1.29 is 22.2 Å². The molecule has 0 bridgehead atoms. The van der Waals surface area contributed by atoms with Gasteiger partial charge in [-0.05, 0) is 60.2 Å². The van der Waals surface area contributed by atoms with Crippen LogP contribution < -0.4 is 20.1 Å². The van der Waals surface area contributed by atoms with Crippen LogP contribution in [-0.2, 0) is 39.1 Å². The van der Waals surface area contributed by atoms with Crippen LogP contribution >= 0.6 is 11.6 Å². The second-order valence-electron chi connectivity index (χ2n) is 11.2. The Bertz CT molecular complexity index is 1530. The number of nitrogens with two attached hydrogens (primary N) is 1. The lowest BCUT2D eigenvalue weighted by molar-refractivity contribution is -0.137. The van der Waals surface area contributed by atoms with E-state index in [1.165, 1.54) is 0 Å². The fraction of sp³-hybridized carbons (Fsp3) is 0.394. The fourth-order valence-corrected chi connectivity index (χ4v) is 6.05. The molecule has 1 aliphatic heterocycles. The van der Waals surface area contributed by atoms with Crippen molar-refractivity contribution in [2.45, 2.75) is 45.2 Å². The van der Waals surface area contributed by atoms with Crippen molar-refractivity contribution in [3.05, 3.63) is 94.5 Å². The van der Waals surface area contributed by atoms with Crippen LogP contribution in [0.5, 0.6) is 5.75 Å². The van der Waals surface area contributed by atoms with Crippen LogP contribution in [-0.4, -0.2) is 63.6 Å². The quantitative estimate of drug-likeness (QED) is 0.302. The number of nitrogens with one attached hydrogen (secondary N) is 1. The van der Waals surface area contributed by atoms with Crippen molar-refractivity contribution in [3.63, 3.8) is 0 Å². The molecular weight excluding hydrogens is 600 g/mol. The average Bonchev–Trinajstić information content (AvgIpc) is 2.97. The SMILES string of the molecule is C[C@H](Cc1ccccc1CN)C(=O)N[C@H](Cc1ccc(Cl)cc1)C(=O)N1CCCCN(c2ccccc2OS(C)(=O)=O)CC1. The van der Waals surface area contributed by atoms with Crippen molar-refractivity contribution in [1.82, 2.24) is 10.2 Å². The lowest BCUT2D eigenvalue weighted by Gasteiger charge is -2.35. The van der Waals surface area contributed by atoms with Crippen molar-refractivity contribution in [3.8, 4) is 5.75 Å². The molecule has 0 spiro atoms. The number of nitrogens with zero attached hydrogens (tertiary/aromatic N) is 2. The van der Waals surface area contributed by atoms with Crippen LogP contribution in [0.1, 0.15) is 36.5 Å². The van der Waals surface area contributed by atoms with Crippen LogP contribution in [0, 0.1) is 5.92 Å². The van der Waals surface area contributed by atoms with Gasteiger partial charge in [0, 0.05) is 50.1 Å². The molecule has 0 saturated carbocycles. The van der Waals surface area contributed by atoms with Crippen LogP contribution in [0.25, 0.3) is 0 Å². The van der Waals surface area contributed by atoms with Crippen LogP contribution in [0.3, 0.4) is 0 Å². The molecule has 1 saturated heterocycles. The van der Waals surface area contributed by atoms with Crippen molar-refractivity contribution in [2.24, 2.45) is 11.7 Å². The van der Waals surface area contributed by atoms with Gasteiger partial charge in [-0.15, -0.1) is 0 Å². The Labute approximate surface area is 265 Å². The van der Waals surface area contributed by atoms with E-state index in [2.05, 4.69) is 5.32 Å². The Kier molecular flexibility index (Phi) is 11.7. The molecule has 1 aliphatic rings. The molecule has 11 heteroatoms. The number of para-hydroxylation sites is 2. The standard InChI is InChI=1S/C33H41ClN4O5S/c1-24(21-26-9-3-4-10-27(26)23-35)32(39)36-29(22-25-13-15-28(34)16-14-25)33(40)38-18-8-7-17-37(19-20-38)30-11-5-6-12-31(30)43-44(2,41)42/h3-6,9-16,24,29H,7-8,17-23,35H2,1-2H3,(H,36,39)/t24-,29-/m1/s1. The topological polar surface area (TPSA) is 122 Å². The molecular formula is C33H41ClN4O5S. The molecule has 4 rings (SSSR count). The van der Waals surface area contributed by atoms with Crippen molar-refractivity contribution in [2.75, 3.05) is 37.3 Å². The number of hydrogen-bond donors (Lipinski definition) is 2. The van der Waals surface area contributed by atoms with Gasteiger partial charge in [-0.2, -0.15) is 8.42 Å². The summed E-state index contributed by atoms with van der Waals surface area (Å²) in [5, 5.41) is 3.65. The maximum Gasteiger partial charge on any atom is 0.306 e. The van der Waals surface area contributed by atoms with Crippen LogP contribution in [0.15, 0.2) is 72.8 Å². The van der Waals surface area contributed by atoms with E-state index in [1.54, 1.807) is 29.2 Å². The van der Waals surface area contributed by atoms with Gasteiger partial charge in [0.1, 0.15) is 6.04 Å². The first-order chi connectivity index (χ1) is 21.0. The maximum absolute atomic E-state index is 14.1. The highest BCUT2D eigenvalue weighted by Crippen LogP contribution is 2.30. The minimum atomic E-state index is -3.71. The Morgan fingerprint density at radius 1 is 0.909 bits per heavy atom. The summed E-state index contributed by atoms with van der Waals surface area (Å²) in [5.74, 6) is -0.487. The molecule has 0 aromatic heterocycles. The third-order valence-electron chi connectivity index (χ3n) is 7.78. The Hall–Kier alpha value is -3.60. The van der Waals surface area contributed by atoms with Crippen molar-refractivity contribution in [1.29, 1.82) is 0 Å². The summed E-state index contributed by atoms with van der Waals surface area (Å²) in [6.45, 7) is 4.37. The first kappa shape index (κ1) is 33.3. The number of halogens is 1. The minimum absolute atomic E-state index is 0.162. The van der Waals surface area contributed by atoms with Gasteiger partial charge in [0.05, 0.1) is 11.9 Å². The highest BCUT2D eigenvalue weighted by atomic mass is 35.5. The molecule has 0 aliphatic carbocycles. The van der Waals surface area contributed by atoms with E-state index >= 15 is 0 Å². The molecule has 3 aromatic rings. The molecule has 236 valence electrons. The van der Waals surface area contributed by atoms with Crippen LogP contribution in [0.4, 0.5) is 5.69 Å². The van der Waals surface area contributed by atoms with E-state index in [9.17, 15) is 18.0 Å². The van der Waals surface area contributed by atoms with E-state index in [1.807, 2.05) is 60.4 Å². The van der Waals surface area contributed by atoms with Gasteiger partial charge in [0.25, 0.3) is 0 Å². The summed E-state index contributed by atoms with van der Waals surface area (Å²) in [7, 11) is -3.71. The molecule has 2 amide bonds.